The maximum atomic E-state index is 12.2. The Hall–Kier alpha value is -0.664. The number of nitrogens with one attached hydrogen (secondary N) is 2. The Kier molecular flexibility index (Phi) is 15.5. The van der Waals surface area contributed by atoms with Crippen LogP contribution in [0.15, 0.2) is 30.5 Å². The Labute approximate surface area is 229 Å². The number of para-hydroxylation sites is 1. The van der Waals surface area contributed by atoms with E-state index in [1.165, 1.54) is 51.4 Å². The van der Waals surface area contributed by atoms with Crippen molar-refractivity contribution in [1.29, 1.82) is 0 Å². The summed E-state index contributed by atoms with van der Waals surface area (Å²) >= 11 is 0. The van der Waals surface area contributed by atoms with Gasteiger partial charge in [-0.2, -0.15) is 0 Å². The number of amides is 1. The zero-order valence-electron chi connectivity index (χ0n) is 18.4. The van der Waals surface area contributed by atoms with Gasteiger partial charge in [0.1, 0.15) is 6.04 Å². The van der Waals surface area contributed by atoms with Crippen LogP contribution >= 0.6 is 0 Å². The zero-order chi connectivity index (χ0) is 21.6. The third-order valence-corrected chi connectivity index (χ3v) is 5.74. The van der Waals surface area contributed by atoms with Crippen LogP contribution in [0.1, 0.15) is 89.5 Å². The first-order valence-corrected chi connectivity index (χ1v) is 11.7. The molecule has 0 bridgehead atoms. The minimum atomic E-state index is -0.993. The molecule has 1 heterocycles. The van der Waals surface area contributed by atoms with Gasteiger partial charge in [0.25, 0.3) is 0 Å². The number of aliphatic carboxylic acids is 1. The Bertz CT molecular complexity index is 775. The van der Waals surface area contributed by atoms with Crippen molar-refractivity contribution in [2.75, 3.05) is 0 Å². The molecule has 1 aromatic heterocycles. The first-order chi connectivity index (χ1) is 14.6. The van der Waals surface area contributed by atoms with Gasteiger partial charge in [0.2, 0.25) is 5.91 Å². The summed E-state index contributed by atoms with van der Waals surface area (Å²) in [6.45, 7) is 2.24. The van der Waals surface area contributed by atoms with Crippen LogP contribution in [-0.4, -0.2) is 79.4 Å². The van der Waals surface area contributed by atoms with E-state index in [0.717, 1.165) is 35.7 Å². The fourth-order valence-corrected chi connectivity index (χ4v) is 3.94. The molecule has 0 aliphatic carbocycles. The van der Waals surface area contributed by atoms with Crippen LogP contribution in [0.5, 0.6) is 0 Å². The van der Waals surface area contributed by atoms with E-state index in [1.54, 1.807) is 0 Å². The fourth-order valence-electron chi connectivity index (χ4n) is 3.94. The molecule has 31 heavy (non-hydrogen) atoms. The van der Waals surface area contributed by atoms with E-state index in [1.807, 2.05) is 30.5 Å². The molecular formula is C25H39KN2O3. The summed E-state index contributed by atoms with van der Waals surface area (Å²) in [5.41, 5.74) is 1.89. The molecule has 0 aliphatic heterocycles. The number of unbranched alkanes of at least 4 members (excludes halogenated alkanes) is 10. The first kappa shape index (κ1) is 28.4. The van der Waals surface area contributed by atoms with Gasteiger partial charge in [-0.15, -0.1) is 0 Å². The first-order valence-electron chi connectivity index (χ1n) is 11.7. The number of carbonyl (C=O) groups excluding carboxylic acids is 1. The number of carbonyl (C=O) groups is 2. The quantitative estimate of drug-likeness (QED) is 0.237. The van der Waals surface area contributed by atoms with Crippen LogP contribution < -0.4 is 5.32 Å². The number of H-pyrrole nitrogens is 1. The number of fused-ring (bicyclic) bond motifs is 1. The number of carboxylic acid groups (broad SMARTS) is 1. The molecule has 0 radical (unpaired) electrons. The van der Waals surface area contributed by atoms with E-state index in [-0.39, 0.29) is 63.7 Å². The van der Waals surface area contributed by atoms with Crippen LogP contribution in [0.2, 0.25) is 0 Å². The molecule has 168 valence electrons. The standard InChI is InChI=1S/C25H38N2O3.K.H/c1-2-3-4-5-6-7-8-9-10-11-12-17-24(28)27-23(25(29)30)18-20-19-26-22-16-14-13-15-21(20)22;;/h13-16,19,23,26H,2-12,17-18H2,1H3,(H,27,28)(H,29,30);;/t23-;;/m1../s1. The van der Waals surface area contributed by atoms with Gasteiger partial charge in [-0.1, -0.05) is 89.3 Å². The fraction of sp³-hybridized carbons (Fsp3) is 0.600. The summed E-state index contributed by atoms with van der Waals surface area (Å²) in [5, 5.41) is 13.2. The second-order valence-corrected chi connectivity index (χ2v) is 8.31. The molecule has 1 aromatic carbocycles. The molecular weight excluding hydrogens is 415 g/mol. The average molecular weight is 455 g/mol. The predicted molar refractivity (Wildman–Crippen MR) is 130 cm³/mol. The second-order valence-electron chi connectivity index (χ2n) is 8.31. The molecule has 5 nitrogen and oxygen atoms in total. The number of hydrogen-bond donors (Lipinski definition) is 3. The van der Waals surface area contributed by atoms with Gasteiger partial charge in [-0.05, 0) is 18.1 Å². The van der Waals surface area contributed by atoms with E-state index in [0.29, 0.717) is 6.42 Å². The van der Waals surface area contributed by atoms with Crippen molar-refractivity contribution < 1.29 is 14.7 Å². The summed E-state index contributed by atoms with van der Waals surface area (Å²) < 4.78 is 0. The Morgan fingerprint density at radius 3 is 2.13 bits per heavy atom. The van der Waals surface area contributed by atoms with Crippen molar-refractivity contribution in [3.63, 3.8) is 0 Å². The van der Waals surface area contributed by atoms with Gasteiger partial charge in [0.05, 0.1) is 0 Å². The SMILES string of the molecule is CCCCCCCCCCCCCC(=O)N[C@H](Cc1c[nH]c2ccccc12)C(=O)O.[KH]. The molecule has 3 N–H and O–H groups in total. The van der Waals surface area contributed by atoms with Gasteiger partial charge in [-0.25, -0.2) is 4.79 Å². The molecule has 6 heteroatoms. The van der Waals surface area contributed by atoms with Crippen LogP contribution in [0.3, 0.4) is 0 Å². The third-order valence-electron chi connectivity index (χ3n) is 5.74. The molecule has 0 aliphatic rings. The molecule has 1 amide bonds. The predicted octanol–water partition coefficient (Wildman–Crippen LogP) is 5.33. The topological polar surface area (TPSA) is 82.2 Å². The van der Waals surface area contributed by atoms with Gasteiger partial charge in [0, 0.05) is 29.9 Å². The van der Waals surface area contributed by atoms with Gasteiger partial charge < -0.3 is 15.4 Å². The van der Waals surface area contributed by atoms with Crippen LogP contribution in [0, 0.1) is 0 Å². The summed E-state index contributed by atoms with van der Waals surface area (Å²) in [7, 11) is 0. The zero-order valence-corrected chi connectivity index (χ0v) is 18.4. The van der Waals surface area contributed by atoms with Gasteiger partial charge >= 0.3 is 57.4 Å². The second kappa shape index (κ2) is 16.9. The van der Waals surface area contributed by atoms with Crippen molar-refractivity contribution >= 4 is 74.2 Å². The number of benzene rings is 1. The van der Waals surface area contributed by atoms with E-state index in [9.17, 15) is 14.7 Å². The molecule has 0 unspecified atom stereocenters. The Morgan fingerprint density at radius 1 is 0.935 bits per heavy atom. The summed E-state index contributed by atoms with van der Waals surface area (Å²) in [5.74, 6) is -1.16. The Balaban J connectivity index is 0.00000480. The molecule has 0 saturated carbocycles. The van der Waals surface area contributed by atoms with Crippen molar-refractivity contribution in [2.45, 2.75) is 96.4 Å². The molecule has 2 rings (SSSR count). The van der Waals surface area contributed by atoms with E-state index < -0.39 is 12.0 Å². The number of hydrogen-bond acceptors (Lipinski definition) is 2. The van der Waals surface area contributed by atoms with E-state index in [4.69, 9.17) is 0 Å². The van der Waals surface area contributed by atoms with Crippen molar-refractivity contribution in [3.8, 4) is 0 Å². The van der Waals surface area contributed by atoms with Crippen LogP contribution in [-0.2, 0) is 16.0 Å². The van der Waals surface area contributed by atoms with Crippen molar-refractivity contribution in [2.24, 2.45) is 0 Å². The molecule has 2 aromatic rings. The normalized spacial score (nSPS) is 11.8. The third kappa shape index (κ3) is 11.2. The molecule has 0 fully saturated rings. The van der Waals surface area contributed by atoms with E-state index in [2.05, 4.69) is 17.2 Å². The average Bonchev–Trinajstić information content (AvgIpc) is 3.14. The summed E-state index contributed by atoms with van der Waals surface area (Å²) in [6, 6.07) is 6.89. The molecule has 0 saturated heterocycles. The van der Waals surface area contributed by atoms with Gasteiger partial charge in [0.15, 0.2) is 0 Å². The number of aromatic amines is 1. The monoisotopic (exact) mass is 454 g/mol. The van der Waals surface area contributed by atoms with Crippen molar-refractivity contribution in [1.82, 2.24) is 10.3 Å². The van der Waals surface area contributed by atoms with Gasteiger partial charge in [-0.3, -0.25) is 4.79 Å². The summed E-state index contributed by atoms with van der Waals surface area (Å²) in [6.07, 6.45) is 16.1. The van der Waals surface area contributed by atoms with Crippen LogP contribution in [0.25, 0.3) is 10.9 Å². The van der Waals surface area contributed by atoms with E-state index >= 15 is 0 Å². The maximum absolute atomic E-state index is 12.2. The van der Waals surface area contributed by atoms with Crippen LogP contribution in [0.4, 0.5) is 0 Å². The number of aromatic nitrogens is 1. The Morgan fingerprint density at radius 2 is 1.52 bits per heavy atom. The minimum absolute atomic E-state index is 0. The number of carboxylic acids is 1. The summed E-state index contributed by atoms with van der Waals surface area (Å²) in [4.78, 5) is 27.0. The molecule has 0 spiro atoms. The van der Waals surface area contributed by atoms with Crippen molar-refractivity contribution in [3.05, 3.63) is 36.0 Å². The number of rotatable bonds is 16. The molecule has 1 atom stereocenters.